The lowest BCUT2D eigenvalue weighted by atomic mass is 10.1. The number of rotatable bonds is 6. The molecular weight excluding hydrogens is 304 g/mol. The summed E-state index contributed by atoms with van der Waals surface area (Å²) in [5.74, 6) is 0.0852. The fourth-order valence-electron chi connectivity index (χ4n) is 1.41. The van der Waals surface area contributed by atoms with E-state index in [-0.39, 0.29) is 11.8 Å². The van der Waals surface area contributed by atoms with Gasteiger partial charge in [-0.15, -0.1) is 0 Å². The maximum absolute atomic E-state index is 11.2. The van der Waals surface area contributed by atoms with Gasteiger partial charge >= 0.3 is 0 Å². The van der Waals surface area contributed by atoms with E-state index in [1.165, 1.54) is 7.05 Å². The van der Waals surface area contributed by atoms with Gasteiger partial charge in [-0.1, -0.05) is 28.1 Å². The van der Waals surface area contributed by atoms with E-state index in [2.05, 4.69) is 26.0 Å². The first-order valence-corrected chi connectivity index (χ1v) is 7.79. The third kappa shape index (κ3) is 5.16. The lowest BCUT2D eigenvalue weighted by Crippen LogP contribution is -2.30. The van der Waals surface area contributed by atoms with Gasteiger partial charge in [-0.25, -0.2) is 13.1 Å². The van der Waals surface area contributed by atoms with E-state index in [1.807, 2.05) is 31.2 Å². The summed E-state index contributed by atoms with van der Waals surface area (Å²) in [5, 5.41) is 3.18. The Bertz CT molecular complexity index is 462. The Morgan fingerprint density at radius 3 is 2.71 bits per heavy atom. The number of halogens is 1. The molecule has 17 heavy (non-hydrogen) atoms. The molecule has 0 saturated carbocycles. The highest BCUT2D eigenvalue weighted by molar-refractivity contribution is 9.10. The highest BCUT2D eigenvalue weighted by atomic mass is 79.9. The normalized spacial score (nSPS) is 13.6. The third-order valence-corrected chi connectivity index (χ3v) is 4.34. The van der Waals surface area contributed by atoms with Gasteiger partial charge in [0.25, 0.3) is 0 Å². The fraction of sp³-hybridized carbons (Fsp3) is 0.455. The molecule has 0 radical (unpaired) electrons. The van der Waals surface area contributed by atoms with Gasteiger partial charge in [0, 0.05) is 17.1 Å². The van der Waals surface area contributed by atoms with E-state index < -0.39 is 10.0 Å². The molecule has 0 aliphatic rings. The van der Waals surface area contributed by atoms with Gasteiger partial charge in [-0.05, 0) is 31.7 Å². The van der Waals surface area contributed by atoms with E-state index >= 15 is 0 Å². The van der Waals surface area contributed by atoms with Gasteiger partial charge < -0.3 is 5.32 Å². The molecule has 0 aliphatic heterocycles. The molecule has 0 aliphatic carbocycles. The first-order valence-electron chi connectivity index (χ1n) is 5.34. The lowest BCUT2D eigenvalue weighted by molar-refractivity contribution is 0.567. The third-order valence-electron chi connectivity index (χ3n) is 2.48. The maximum atomic E-state index is 11.2. The average Bonchev–Trinajstić information content (AvgIpc) is 2.28. The van der Waals surface area contributed by atoms with Gasteiger partial charge in [0.05, 0.1) is 5.75 Å². The number of hydrogen-bond donors (Lipinski definition) is 2. The summed E-state index contributed by atoms with van der Waals surface area (Å²) in [5.41, 5.74) is 1.13. The summed E-state index contributed by atoms with van der Waals surface area (Å²) in [6, 6.07) is 8.07. The molecule has 1 aromatic rings. The zero-order valence-corrected chi connectivity index (χ0v) is 12.3. The predicted octanol–water partition coefficient (Wildman–Crippen LogP) is 1.65. The number of sulfonamides is 1. The second-order valence-electron chi connectivity index (χ2n) is 3.75. The van der Waals surface area contributed by atoms with Gasteiger partial charge in [0.2, 0.25) is 10.0 Å². The molecule has 6 heteroatoms. The summed E-state index contributed by atoms with van der Waals surface area (Å²) in [7, 11) is -1.70. The molecular formula is C11H17BrN2O2S. The zero-order valence-electron chi connectivity index (χ0n) is 9.90. The van der Waals surface area contributed by atoms with Crippen molar-refractivity contribution in [1.82, 2.24) is 10.0 Å². The van der Waals surface area contributed by atoms with Crippen LogP contribution in [0.3, 0.4) is 0 Å². The van der Waals surface area contributed by atoms with Crippen molar-refractivity contribution in [3.05, 3.63) is 34.3 Å². The molecule has 0 fully saturated rings. The van der Waals surface area contributed by atoms with E-state index in [4.69, 9.17) is 0 Å². The molecule has 1 atom stereocenters. The predicted molar refractivity (Wildman–Crippen MR) is 73.4 cm³/mol. The SMILES string of the molecule is CNS(=O)(=O)CCNC(C)c1cccc(Br)c1. The van der Waals surface area contributed by atoms with Gasteiger partial charge in [0.15, 0.2) is 0 Å². The molecule has 0 spiro atoms. The molecule has 4 nitrogen and oxygen atoms in total. The van der Waals surface area contributed by atoms with E-state index in [0.29, 0.717) is 6.54 Å². The monoisotopic (exact) mass is 320 g/mol. The highest BCUT2D eigenvalue weighted by Crippen LogP contribution is 2.17. The van der Waals surface area contributed by atoms with Crippen LogP contribution in [-0.2, 0) is 10.0 Å². The van der Waals surface area contributed by atoms with Crippen LogP contribution in [0.5, 0.6) is 0 Å². The maximum Gasteiger partial charge on any atom is 0.212 e. The summed E-state index contributed by atoms with van der Waals surface area (Å²) in [4.78, 5) is 0. The molecule has 0 amide bonds. The van der Waals surface area contributed by atoms with Crippen LogP contribution in [0.4, 0.5) is 0 Å². The summed E-state index contributed by atoms with van der Waals surface area (Å²) in [6.07, 6.45) is 0. The molecule has 1 unspecified atom stereocenters. The highest BCUT2D eigenvalue weighted by Gasteiger charge is 2.09. The quantitative estimate of drug-likeness (QED) is 0.838. The van der Waals surface area contributed by atoms with Crippen molar-refractivity contribution >= 4 is 26.0 Å². The van der Waals surface area contributed by atoms with Gasteiger partial charge in [-0.2, -0.15) is 0 Å². The molecule has 1 aromatic carbocycles. The van der Waals surface area contributed by atoms with Crippen LogP contribution in [0.25, 0.3) is 0 Å². The van der Waals surface area contributed by atoms with Crippen molar-refractivity contribution in [3.63, 3.8) is 0 Å². The Balaban J connectivity index is 2.48. The van der Waals surface area contributed by atoms with E-state index in [9.17, 15) is 8.42 Å². The molecule has 2 N–H and O–H groups in total. The van der Waals surface area contributed by atoms with Crippen LogP contribution in [-0.4, -0.2) is 27.8 Å². The Hall–Kier alpha value is -0.430. The molecule has 0 heterocycles. The fourth-order valence-corrected chi connectivity index (χ4v) is 2.41. The Morgan fingerprint density at radius 1 is 1.41 bits per heavy atom. The molecule has 96 valence electrons. The van der Waals surface area contributed by atoms with Crippen molar-refractivity contribution in [2.75, 3.05) is 19.3 Å². The van der Waals surface area contributed by atoms with Crippen LogP contribution in [0.1, 0.15) is 18.5 Å². The largest absolute Gasteiger partial charge is 0.309 e. The average molecular weight is 321 g/mol. The Morgan fingerprint density at radius 2 is 2.12 bits per heavy atom. The van der Waals surface area contributed by atoms with Crippen molar-refractivity contribution in [3.8, 4) is 0 Å². The first kappa shape index (κ1) is 14.6. The number of benzene rings is 1. The lowest BCUT2D eigenvalue weighted by Gasteiger charge is -2.14. The summed E-state index contributed by atoms with van der Waals surface area (Å²) in [6.45, 7) is 2.44. The molecule has 1 rings (SSSR count). The Kier molecular flexibility index (Phi) is 5.58. The van der Waals surface area contributed by atoms with Crippen molar-refractivity contribution < 1.29 is 8.42 Å². The minimum Gasteiger partial charge on any atom is -0.309 e. The van der Waals surface area contributed by atoms with Gasteiger partial charge in [0.1, 0.15) is 0 Å². The minimum absolute atomic E-state index is 0.0852. The number of nitrogens with one attached hydrogen (secondary N) is 2. The second-order valence-corrected chi connectivity index (χ2v) is 6.72. The smallest absolute Gasteiger partial charge is 0.212 e. The molecule has 0 bridgehead atoms. The van der Waals surface area contributed by atoms with Crippen LogP contribution in [0.15, 0.2) is 28.7 Å². The first-order chi connectivity index (χ1) is 7.94. The van der Waals surface area contributed by atoms with Gasteiger partial charge in [-0.3, -0.25) is 0 Å². The molecule has 0 saturated heterocycles. The second kappa shape index (κ2) is 6.49. The Labute approximate surface area is 111 Å². The zero-order chi connectivity index (χ0) is 12.9. The van der Waals surface area contributed by atoms with Crippen LogP contribution in [0.2, 0.25) is 0 Å². The van der Waals surface area contributed by atoms with E-state index in [0.717, 1.165) is 10.0 Å². The minimum atomic E-state index is -3.13. The summed E-state index contributed by atoms with van der Waals surface area (Å²) < 4.78 is 25.7. The van der Waals surface area contributed by atoms with E-state index in [1.54, 1.807) is 0 Å². The van der Waals surface area contributed by atoms with Crippen LogP contribution >= 0.6 is 15.9 Å². The summed E-state index contributed by atoms with van der Waals surface area (Å²) >= 11 is 3.41. The number of hydrogen-bond acceptors (Lipinski definition) is 3. The van der Waals surface area contributed by atoms with Crippen LogP contribution < -0.4 is 10.0 Å². The van der Waals surface area contributed by atoms with Crippen molar-refractivity contribution in [2.24, 2.45) is 0 Å². The van der Waals surface area contributed by atoms with Crippen molar-refractivity contribution in [2.45, 2.75) is 13.0 Å². The van der Waals surface area contributed by atoms with Crippen molar-refractivity contribution in [1.29, 1.82) is 0 Å². The topological polar surface area (TPSA) is 58.2 Å². The standard InChI is InChI=1S/C11H17BrN2O2S/c1-9(10-4-3-5-11(12)8-10)14-6-7-17(15,16)13-2/h3-5,8-9,13-14H,6-7H2,1-2H3. The molecule has 0 aromatic heterocycles. The van der Waals surface area contributed by atoms with Crippen LogP contribution in [0, 0.1) is 0 Å².